The van der Waals surface area contributed by atoms with Gasteiger partial charge in [-0.1, -0.05) is 17.8 Å². The van der Waals surface area contributed by atoms with Crippen LogP contribution >= 0.6 is 11.3 Å². The zero-order chi connectivity index (χ0) is 15.6. The Balaban J connectivity index is 2.13. The van der Waals surface area contributed by atoms with Gasteiger partial charge in [-0.2, -0.15) is 0 Å². The Morgan fingerprint density at radius 1 is 1.33 bits per heavy atom. The third-order valence-corrected chi connectivity index (χ3v) is 5.76. The normalized spacial score (nSPS) is 22.1. The number of hydrogen-bond donors (Lipinski definition) is 3. The van der Waals surface area contributed by atoms with E-state index in [4.69, 9.17) is 5.11 Å². The molecule has 1 aromatic heterocycles. The average Bonchev–Trinajstić information content (AvgIpc) is 2.96. The summed E-state index contributed by atoms with van der Waals surface area (Å²) in [5.41, 5.74) is 0. The molecule has 2 rings (SSSR count). The molecular formula is C10H14N4O5S2. The molecule has 21 heavy (non-hydrogen) atoms. The third kappa shape index (κ3) is 3.74. The van der Waals surface area contributed by atoms with E-state index >= 15 is 0 Å². The number of carboxylic acids is 1. The number of carboxylic acid groups (broad SMARTS) is 1. The molecule has 1 aliphatic carbocycles. The second-order valence-electron chi connectivity index (χ2n) is 4.66. The van der Waals surface area contributed by atoms with E-state index in [9.17, 15) is 18.0 Å². The van der Waals surface area contributed by atoms with Gasteiger partial charge in [-0.25, -0.2) is 13.1 Å². The van der Waals surface area contributed by atoms with Gasteiger partial charge in [0, 0.05) is 13.0 Å². The van der Waals surface area contributed by atoms with Gasteiger partial charge in [0.05, 0.1) is 5.92 Å². The van der Waals surface area contributed by atoms with Gasteiger partial charge in [-0.15, -0.1) is 10.2 Å². The van der Waals surface area contributed by atoms with Crippen LogP contribution in [-0.2, 0) is 19.6 Å². The molecule has 11 heteroatoms. The first-order chi connectivity index (χ1) is 9.79. The number of aromatic nitrogens is 2. The Kier molecular flexibility index (Phi) is 4.54. The van der Waals surface area contributed by atoms with E-state index in [1.807, 2.05) is 0 Å². The molecule has 0 saturated heterocycles. The van der Waals surface area contributed by atoms with Crippen LogP contribution in [0.1, 0.15) is 26.2 Å². The molecule has 0 bridgehead atoms. The highest BCUT2D eigenvalue weighted by Crippen LogP contribution is 2.28. The van der Waals surface area contributed by atoms with Crippen LogP contribution in [-0.4, -0.2) is 41.6 Å². The molecule has 1 aromatic rings. The fourth-order valence-corrected chi connectivity index (χ4v) is 4.44. The maximum Gasteiger partial charge on any atom is 0.308 e. The first kappa shape index (κ1) is 15.8. The van der Waals surface area contributed by atoms with Gasteiger partial charge < -0.3 is 10.4 Å². The number of rotatable bonds is 5. The second-order valence-corrected chi connectivity index (χ2v) is 7.52. The second kappa shape index (κ2) is 6.03. The van der Waals surface area contributed by atoms with Crippen molar-refractivity contribution in [2.75, 3.05) is 5.32 Å². The van der Waals surface area contributed by atoms with Crippen molar-refractivity contribution in [2.24, 2.45) is 5.92 Å². The lowest BCUT2D eigenvalue weighted by molar-refractivity contribution is -0.142. The van der Waals surface area contributed by atoms with Gasteiger partial charge in [0.1, 0.15) is 0 Å². The molecule has 116 valence electrons. The number of amides is 1. The molecule has 1 amide bonds. The van der Waals surface area contributed by atoms with Gasteiger partial charge in [0.15, 0.2) is 0 Å². The average molecular weight is 334 g/mol. The summed E-state index contributed by atoms with van der Waals surface area (Å²) in [6.45, 7) is 1.27. The lowest BCUT2D eigenvalue weighted by Crippen LogP contribution is -2.40. The van der Waals surface area contributed by atoms with Crippen molar-refractivity contribution in [3.05, 3.63) is 0 Å². The van der Waals surface area contributed by atoms with Gasteiger partial charge in [-0.05, 0) is 12.8 Å². The minimum atomic E-state index is -3.94. The van der Waals surface area contributed by atoms with E-state index in [1.165, 1.54) is 6.92 Å². The van der Waals surface area contributed by atoms with E-state index in [-0.39, 0.29) is 15.4 Å². The minimum Gasteiger partial charge on any atom is -0.481 e. The lowest BCUT2D eigenvalue weighted by Gasteiger charge is -2.16. The summed E-state index contributed by atoms with van der Waals surface area (Å²) < 4.78 is 26.3. The first-order valence-corrected chi connectivity index (χ1v) is 8.46. The molecule has 3 N–H and O–H groups in total. The van der Waals surface area contributed by atoms with Crippen molar-refractivity contribution >= 4 is 38.4 Å². The number of nitrogens with one attached hydrogen (secondary N) is 2. The first-order valence-electron chi connectivity index (χ1n) is 6.16. The smallest absolute Gasteiger partial charge is 0.308 e. The Labute approximate surface area is 124 Å². The summed E-state index contributed by atoms with van der Waals surface area (Å²) in [5, 5.41) is 18.5. The van der Waals surface area contributed by atoms with E-state index in [0.29, 0.717) is 30.6 Å². The van der Waals surface area contributed by atoms with Crippen molar-refractivity contribution in [1.82, 2.24) is 14.9 Å². The monoisotopic (exact) mass is 334 g/mol. The molecule has 0 aliphatic heterocycles. The lowest BCUT2D eigenvalue weighted by atomic mass is 10.1. The van der Waals surface area contributed by atoms with Crippen LogP contribution in [0.4, 0.5) is 5.13 Å². The standard InChI is InChI=1S/C10H14N4O5S2/c1-5(15)11-9-12-13-10(20-9)21(18,19)14-7-4-2-3-6(7)8(16)17/h6-7,14H,2-4H2,1H3,(H,16,17)(H,11,12,15). The Hall–Kier alpha value is -1.59. The molecule has 0 radical (unpaired) electrons. The summed E-state index contributed by atoms with van der Waals surface area (Å²) in [6.07, 6.45) is 1.56. The molecule has 2 atom stereocenters. The van der Waals surface area contributed by atoms with Gasteiger partial charge in [0.2, 0.25) is 15.4 Å². The SMILES string of the molecule is CC(=O)Nc1nnc(S(=O)(=O)NC2CCCC2C(=O)O)s1. The van der Waals surface area contributed by atoms with Gasteiger partial charge in [0.25, 0.3) is 10.0 Å². The molecular weight excluding hydrogens is 320 g/mol. The van der Waals surface area contributed by atoms with E-state index in [1.54, 1.807) is 0 Å². The topological polar surface area (TPSA) is 138 Å². The van der Waals surface area contributed by atoms with Gasteiger partial charge in [-0.3, -0.25) is 9.59 Å². The zero-order valence-electron chi connectivity index (χ0n) is 11.1. The van der Waals surface area contributed by atoms with Crippen LogP contribution in [0.5, 0.6) is 0 Å². The number of carbonyl (C=O) groups is 2. The predicted octanol–water partition coefficient (Wildman–Crippen LogP) is 0.0281. The molecule has 1 fully saturated rings. The number of sulfonamides is 1. The maximum atomic E-state index is 12.1. The molecule has 9 nitrogen and oxygen atoms in total. The summed E-state index contributed by atoms with van der Waals surface area (Å²) in [5.74, 6) is -2.14. The number of nitrogens with zero attached hydrogens (tertiary/aromatic N) is 2. The largest absolute Gasteiger partial charge is 0.481 e. The Bertz CT molecular complexity index is 656. The van der Waals surface area contributed by atoms with Crippen molar-refractivity contribution in [3.8, 4) is 0 Å². The van der Waals surface area contributed by atoms with Crippen LogP contribution in [0.2, 0.25) is 0 Å². The Morgan fingerprint density at radius 2 is 2.05 bits per heavy atom. The molecule has 2 unspecified atom stereocenters. The molecule has 1 saturated carbocycles. The van der Waals surface area contributed by atoms with E-state index in [0.717, 1.165) is 0 Å². The zero-order valence-corrected chi connectivity index (χ0v) is 12.7. The van der Waals surface area contributed by atoms with Crippen LogP contribution in [0.15, 0.2) is 4.34 Å². The summed E-state index contributed by atoms with van der Waals surface area (Å²) in [7, 11) is -3.94. The van der Waals surface area contributed by atoms with Crippen molar-refractivity contribution in [3.63, 3.8) is 0 Å². The molecule has 0 aromatic carbocycles. The predicted molar refractivity (Wildman–Crippen MR) is 73.3 cm³/mol. The quantitative estimate of drug-likeness (QED) is 0.645. The highest BCUT2D eigenvalue weighted by molar-refractivity contribution is 7.91. The summed E-state index contributed by atoms with van der Waals surface area (Å²) in [6, 6.07) is -0.652. The molecule has 0 spiro atoms. The fraction of sp³-hybridized carbons (Fsp3) is 0.600. The highest BCUT2D eigenvalue weighted by Gasteiger charge is 2.36. The van der Waals surface area contributed by atoms with Gasteiger partial charge >= 0.3 is 5.97 Å². The van der Waals surface area contributed by atoms with Crippen molar-refractivity contribution in [2.45, 2.75) is 36.6 Å². The van der Waals surface area contributed by atoms with E-state index in [2.05, 4.69) is 20.2 Å². The number of anilines is 1. The molecule has 1 aliphatic rings. The van der Waals surface area contributed by atoms with Crippen LogP contribution in [0, 0.1) is 5.92 Å². The van der Waals surface area contributed by atoms with Crippen molar-refractivity contribution in [1.29, 1.82) is 0 Å². The maximum absolute atomic E-state index is 12.1. The third-order valence-electron chi connectivity index (χ3n) is 3.06. The Morgan fingerprint density at radius 3 is 2.67 bits per heavy atom. The van der Waals surface area contributed by atoms with Crippen LogP contribution in [0.25, 0.3) is 0 Å². The van der Waals surface area contributed by atoms with Crippen molar-refractivity contribution < 1.29 is 23.1 Å². The summed E-state index contributed by atoms with van der Waals surface area (Å²) >= 11 is 0.709. The summed E-state index contributed by atoms with van der Waals surface area (Å²) in [4.78, 5) is 21.9. The number of aliphatic carboxylic acids is 1. The minimum absolute atomic E-state index is 0.0732. The highest BCUT2D eigenvalue weighted by atomic mass is 32.2. The number of carbonyl (C=O) groups excluding carboxylic acids is 1. The number of hydrogen-bond acceptors (Lipinski definition) is 7. The van der Waals surface area contributed by atoms with Crippen LogP contribution < -0.4 is 10.0 Å². The fourth-order valence-electron chi connectivity index (χ4n) is 2.17. The van der Waals surface area contributed by atoms with E-state index < -0.39 is 28.0 Å². The van der Waals surface area contributed by atoms with Crippen LogP contribution in [0.3, 0.4) is 0 Å². The molecule has 1 heterocycles.